The van der Waals surface area contributed by atoms with Crippen LogP contribution in [0.1, 0.15) is 21.7 Å². The maximum Gasteiger partial charge on any atom is 0.341 e. The van der Waals surface area contributed by atoms with Crippen molar-refractivity contribution in [3.05, 3.63) is 69.6 Å². The number of hydrogen-bond donors (Lipinski definition) is 2. The van der Waals surface area contributed by atoms with E-state index < -0.39 is 18.5 Å². The fraction of sp³-hybridized carbons (Fsp3) is 0.143. The molecule has 0 radical (unpaired) electrons. The number of rotatable bonds is 6. The lowest BCUT2D eigenvalue weighted by atomic mass is 10.1. The molecule has 0 bridgehead atoms. The minimum atomic E-state index is -1.07. The lowest BCUT2D eigenvalue weighted by Gasteiger charge is -2.14. The van der Waals surface area contributed by atoms with Crippen molar-refractivity contribution >= 4 is 40.8 Å². The average Bonchev–Trinajstić information content (AvgIpc) is 2.71. The molecule has 1 amide bonds. The van der Waals surface area contributed by atoms with E-state index in [0.717, 1.165) is 0 Å². The molecular weight excluding hydrogens is 429 g/mol. The van der Waals surface area contributed by atoms with Crippen molar-refractivity contribution in [2.75, 3.05) is 11.9 Å². The number of amides is 1. The number of benzene rings is 2. The van der Waals surface area contributed by atoms with Gasteiger partial charge in [0.15, 0.2) is 6.61 Å². The second-order valence-electron chi connectivity index (χ2n) is 6.46. The van der Waals surface area contributed by atoms with E-state index in [1.165, 1.54) is 6.20 Å². The van der Waals surface area contributed by atoms with Crippen molar-refractivity contribution in [1.29, 1.82) is 0 Å². The van der Waals surface area contributed by atoms with Crippen molar-refractivity contribution in [3.8, 4) is 17.0 Å². The molecule has 3 rings (SSSR count). The molecule has 9 heteroatoms. The Bertz CT molecular complexity index is 1110. The lowest BCUT2D eigenvalue weighted by molar-refractivity contribution is -0.139. The summed E-state index contributed by atoms with van der Waals surface area (Å²) >= 11 is 12.3. The molecule has 2 aromatic carbocycles. The maximum absolute atomic E-state index is 12.7. The van der Waals surface area contributed by atoms with Crippen molar-refractivity contribution in [3.63, 3.8) is 0 Å². The summed E-state index contributed by atoms with van der Waals surface area (Å²) in [6.07, 6.45) is 1.47. The van der Waals surface area contributed by atoms with Gasteiger partial charge in [0.05, 0.1) is 10.7 Å². The third-order valence-electron chi connectivity index (χ3n) is 4.17. The quantitative estimate of drug-likeness (QED) is 0.565. The van der Waals surface area contributed by atoms with E-state index in [1.54, 1.807) is 50.2 Å². The number of halogens is 2. The number of nitrogens with zero attached hydrogens (tertiary/aromatic N) is 2. The van der Waals surface area contributed by atoms with Crippen LogP contribution in [0, 0.1) is 13.8 Å². The van der Waals surface area contributed by atoms with Crippen LogP contribution in [0.15, 0.2) is 42.6 Å². The first-order valence-electron chi connectivity index (χ1n) is 8.80. The fourth-order valence-corrected chi connectivity index (χ4v) is 3.22. The average molecular weight is 446 g/mol. The number of ether oxygens (including phenoxy) is 1. The van der Waals surface area contributed by atoms with Crippen molar-refractivity contribution in [2.24, 2.45) is 0 Å². The number of carboxylic acids is 1. The van der Waals surface area contributed by atoms with Gasteiger partial charge in [-0.05, 0) is 61.4 Å². The smallest absolute Gasteiger partial charge is 0.341 e. The Morgan fingerprint density at radius 3 is 2.47 bits per heavy atom. The van der Waals surface area contributed by atoms with Crippen LogP contribution in [0.5, 0.6) is 5.75 Å². The van der Waals surface area contributed by atoms with Gasteiger partial charge in [-0.15, -0.1) is 0 Å². The summed E-state index contributed by atoms with van der Waals surface area (Å²) in [5.74, 6) is -1.20. The maximum atomic E-state index is 12.7. The number of carboxylic acid groups (broad SMARTS) is 1. The van der Waals surface area contributed by atoms with Gasteiger partial charge >= 0.3 is 5.97 Å². The highest BCUT2D eigenvalue weighted by Crippen LogP contribution is 2.30. The highest BCUT2D eigenvalue weighted by atomic mass is 35.5. The third-order valence-corrected chi connectivity index (χ3v) is 4.73. The van der Waals surface area contributed by atoms with Crippen molar-refractivity contribution < 1.29 is 19.4 Å². The molecule has 0 atom stereocenters. The first-order valence-corrected chi connectivity index (χ1v) is 9.56. The first-order chi connectivity index (χ1) is 14.2. The van der Waals surface area contributed by atoms with E-state index in [2.05, 4.69) is 15.3 Å². The predicted octanol–water partition coefficient (Wildman–Crippen LogP) is 4.78. The minimum absolute atomic E-state index is 0.0338. The van der Waals surface area contributed by atoms with E-state index in [4.69, 9.17) is 33.0 Å². The standard InChI is InChI=1S/C21H17Cl2N3O4/c1-11-7-14(30-10-18(27)28)8-12(2)19(11)26-21(29)20-24-6-5-17(25-20)15-9-13(22)3-4-16(15)23/h3-9H,10H2,1-2H3,(H,26,29)(H,27,28). The van der Waals surface area contributed by atoms with Gasteiger partial charge in [-0.25, -0.2) is 14.8 Å². The Balaban J connectivity index is 1.85. The molecule has 2 N–H and O–H groups in total. The Labute approximate surface area is 182 Å². The molecule has 0 saturated heterocycles. The molecule has 7 nitrogen and oxygen atoms in total. The summed E-state index contributed by atoms with van der Waals surface area (Å²) in [5, 5.41) is 12.5. The molecule has 0 fully saturated rings. The number of anilines is 1. The van der Waals surface area contributed by atoms with Gasteiger partial charge in [-0.1, -0.05) is 23.2 Å². The highest BCUT2D eigenvalue weighted by molar-refractivity contribution is 6.35. The Morgan fingerprint density at radius 1 is 1.10 bits per heavy atom. The first kappa shape index (κ1) is 21.5. The number of carbonyl (C=O) groups excluding carboxylic acids is 1. The zero-order valence-corrected chi connectivity index (χ0v) is 17.6. The van der Waals surface area contributed by atoms with Gasteiger partial charge in [-0.3, -0.25) is 4.79 Å². The van der Waals surface area contributed by atoms with E-state index in [-0.39, 0.29) is 5.82 Å². The molecule has 154 valence electrons. The molecule has 0 spiro atoms. The summed E-state index contributed by atoms with van der Waals surface area (Å²) in [7, 11) is 0. The van der Waals surface area contributed by atoms with E-state index in [9.17, 15) is 9.59 Å². The molecule has 1 aromatic heterocycles. The van der Waals surface area contributed by atoms with Crippen LogP contribution in [-0.4, -0.2) is 33.6 Å². The summed E-state index contributed by atoms with van der Waals surface area (Å²) in [6.45, 7) is 3.11. The van der Waals surface area contributed by atoms with Crippen LogP contribution >= 0.6 is 23.2 Å². The molecule has 0 unspecified atom stereocenters. The number of nitrogens with one attached hydrogen (secondary N) is 1. The van der Waals surface area contributed by atoms with Crippen molar-refractivity contribution in [1.82, 2.24) is 9.97 Å². The number of carbonyl (C=O) groups is 2. The molecule has 0 aliphatic heterocycles. The lowest BCUT2D eigenvalue weighted by Crippen LogP contribution is -2.17. The van der Waals surface area contributed by atoms with E-state index in [1.807, 2.05) is 0 Å². The zero-order valence-electron chi connectivity index (χ0n) is 16.1. The second-order valence-corrected chi connectivity index (χ2v) is 7.30. The largest absolute Gasteiger partial charge is 0.482 e. The Hall–Kier alpha value is -3.16. The minimum Gasteiger partial charge on any atom is -0.482 e. The third kappa shape index (κ3) is 5.06. The van der Waals surface area contributed by atoms with Gasteiger partial charge < -0.3 is 15.2 Å². The van der Waals surface area contributed by atoms with Gasteiger partial charge in [-0.2, -0.15) is 0 Å². The topological polar surface area (TPSA) is 101 Å². The van der Waals surface area contributed by atoms with Crippen LogP contribution in [0.4, 0.5) is 5.69 Å². The summed E-state index contributed by atoms with van der Waals surface area (Å²) in [6, 6.07) is 9.92. The predicted molar refractivity (Wildman–Crippen MR) is 114 cm³/mol. The van der Waals surface area contributed by atoms with Gasteiger partial charge in [0.2, 0.25) is 5.82 Å². The molecular formula is C21H17Cl2N3O4. The van der Waals surface area contributed by atoms with Gasteiger partial charge in [0.1, 0.15) is 5.75 Å². The summed E-state index contributed by atoms with van der Waals surface area (Å²) in [4.78, 5) is 31.8. The monoisotopic (exact) mass is 445 g/mol. The number of aryl methyl sites for hydroxylation is 2. The normalized spacial score (nSPS) is 10.5. The fourth-order valence-electron chi connectivity index (χ4n) is 2.83. The molecule has 0 aliphatic rings. The van der Waals surface area contributed by atoms with Crippen molar-refractivity contribution in [2.45, 2.75) is 13.8 Å². The SMILES string of the molecule is Cc1cc(OCC(=O)O)cc(C)c1NC(=O)c1nccc(-c2cc(Cl)ccc2Cl)n1. The van der Waals surface area contributed by atoms with Crippen LogP contribution in [-0.2, 0) is 4.79 Å². The number of aliphatic carboxylic acids is 1. The van der Waals surface area contributed by atoms with Gasteiger partial charge in [0, 0.05) is 22.5 Å². The second kappa shape index (κ2) is 9.11. The van der Waals surface area contributed by atoms with Crippen LogP contribution in [0.2, 0.25) is 10.0 Å². The molecule has 3 aromatic rings. The Morgan fingerprint density at radius 2 is 1.80 bits per heavy atom. The van der Waals surface area contributed by atoms with Crippen LogP contribution in [0.25, 0.3) is 11.3 Å². The van der Waals surface area contributed by atoms with E-state index >= 15 is 0 Å². The van der Waals surface area contributed by atoms with E-state index in [0.29, 0.717) is 43.9 Å². The van der Waals surface area contributed by atoms with Crippen LogP contribution < -0.4 is 10.1 Å². The molecule has 0 saturated carbocycles. The summed E-state index contributed by atoms with van der Waals surface area (Å²) < 4.78 is 5.20. The number of aromatic nitrogens is 2. The summed E-state index contributed by atoms with van der Waals surface area (Å²) in [5.41, 5.74) is 3.04. The molecule has 0 aliphatic carbocycles. The molecule has 1 heterocycles. The number of hydrogen-bond acceptors (Lipinski definition) is 5. The zero-order chi connectivity index (χ0) is 21.8. The Kier molecular flexibility index (Phi) is 6.54. The van der Waals surface area contributed by atoms with Gasteiger partial charge in [0.25, 0.3) is 5.91 Å². The molecule has 30 heavy (non-hydrogen) atoms. The van der Waals surface area contributed by atoms with Crippen LogP contribution in [0.3, 0.4) is 0 Å². The highest BCUT2D eigenvalue weighted by Gasteiger charge is 2.16.